The van der Waals surface area contributed by atoms with Crippen molar-refractivity contribution < 1.29 is 5.11 Å². The molecule has 0 heterocycles. The van der Waals surface area contributed by atoms with Gasteiger partial charge in [-0.3, -0.25) is 0 Å². The molecule has 5 radical (unpaired) electrons. The van der Waals surface area contributed by atoms with Crippen molar-refractivity contribution in [2.45, 2.75) is 6.61 Å². The van der Waals surface area contributed by atoms with E-state index in [1.54, 1.807) is 0 Å². The van der Waals surface area contributed by atoms with E-state index in [0.717, 1.165) is 11.1 Å². The Hall–Kier alpha value is -0.820. The fourth-order valence-corrected chi connectivity index (χ4v) is 1.49. The minimum absolute atomic E-state index is 0.0986. The minimum Gasteiger partial charge on any atom is -0.392 e. The molecule has 1 aliphatic carbocycles. The van der Waals surface area contributed by atoms with Crippen molar-refractivity contribution in [3.8, 4) is 0 Å². The van der Waals surface area contributed by atoms with Crippen molar-refractivity contribution in [2.75, 3.05) is 0 Å². The molecule has 2 rings (SSSR count). The molecule has 0 atom stereocenters. The molecule has 1 heteroatoms. The van der Waals surface area contributed by atoms with Crippen LogP contribution < -0.4 is 0 Å². The zero-order valence-electron chi connectivity index (χ0n) is 7.27. The maximum Gasteiger partial charge on any atom is 0.0684 e. The zero-order chi connectivity index (χ0) is 9.10. The van der Waals surface area contributed by atoms with Crippen LogP contribution in [-0.4, -0.2) is 5.11 Å². The molecule has 1 nitrogen and oxygen atoms in total. The number of aliphatic hydroxyl groups excluding tert-OH is 1. The third kappa shape index (κ3) is 1.75. The fraction of sp³-hybridized carbons (Fsp3) is 0.0833. The summed E-state index contributed by atoms with van der Waals surface area (Å²) in [5.41, 5.74) is 2.10. The third-order valence-corrected chi connectivity index (χ3v) is 2.16. The molecule has 0 amide bonds. The molecule has 65 valence electrons. The van der Waals surface area contributed by atoms with Crippen LogP contribution >= 0.6 is 0 Å². The summed E-state index contributed by atoms with van der Waals surface area (Å²) in [5.74, 6) is 1.17. The van der Waals surface area contributed by atoms with Crippen LogP contribution in [0.5, 0.6) is 0 Å². The van der Waals surface area contributed by atoms with Crippen molar-refractivity contribution in [1.82, 2.24) is 0 Å². The predicted octanol–water partition coefficient (Wildman–Crippen LogP) is 1.93. The van der Waals surface area contributed by atoms with Gasteiger partial charge in [-0.1, -0.05) is 24.3 Å². The topological polar surface area (TPSA) is 20.2 Å². The van der Waals surface area contributed by atoms with E-state index in [-0.39, 0.29) is 6.61 Å². The number of rotatable bonds is 2. The maximum atomic E-state index is 9.12. The van der Waals surface area contributed by atoms with Crippen LogP contribution in [0, 0.1) is 31.6 Å². The lowest BCUT2D eigenvalue weighted by molar-refractivity contribution is 0.281. The summed E-state index contributed by atoms with van der Waals surface area (Å²) in [6.45, 7) is 0.0986. The predicted molar refractivity (Wildman–Crippen MR) is 51.9 cm³/mol. The molecule has 1 fully saturated rings. The van der Waals surface area contributed by atoms with E-state index in [0.29, 0.717) is 0 Å². The first-order chi connectivity index (χ1) is 6.42. The Morgan fingerprint density at radius 2 is 1.69 bits per heavy atom. The second-order valence-corrected chi connectivity index (χ2v) is 2.99. The average Bonchev–Trinajstić information content (AvgIpc) is 2.70. The van der Waals surface area contributed by atoms with Gasteiger partial charge in [-0.2, -0.15) is 0 Å². The number of aliphatic hydroxyl groups is 1. The highest BCUT2D eigenvalue weighted by atomic mass is 16.3. The Balaban J connectivity index is 2.26. The first kappa shape index (κ1) is 8.76. The van der Waals surface area contributed by atoms with Crippen molar-refractivity contribution in [2.24, 2.45) is 0 Å². The van der Waals surface area contributed by atoms with Gasteiger partial charge in [0.2, 0.25) is 0 Å². The molecule has 1 aromatic rings. The van der Waals surface area contributed by atoms with Crippen LogP contribution in [0.1, 0.15) is 11.1 Å². The Kier molecular flexibility index (Phi) is 2.65. The van der Waals surface area contributed by atoms with Crippen LogP contribution in [0.4, 0.5) is 0 Å². The Morgan fingerprint density at radius 3 is 2.38 bits per heavy atom. The van der Waals surface area contributed by atoms with Gasteiger partial charge in [0.05, 0.1) is 6.61 Å². The lowest BCUT2D eigenvalue weighted by Crippen LogP contribution is -2.00. The first-order valence-electron chi connectivity index (χ1n) is 4.32. The highest BCUT2D eigenvalue weighted by Gasteiger charge is 2.20. The summed E-state index contributed by atoms with van der Waals surface area (Å²) in [6, 6.07) is 7.91. The summed E-state index contributed by atoms with van der Waals surface area (Å²) in [7, 11) is 0. The highest BCUT2D eigenvalue weighted by molar-refractivity contribution is 5.52. The van der Waals surface area contributed by atoms with E-state index in [9.17, 15) is 0 Å². The molecule has 1 aromatic carbocycles. The van der Waals surface area contributed by atoms with E-state index < -0.39 is 0 Å². The summed E-state index contributed by atoms with van der Waals surface area (Å²) < 4.78 is 0. The molecular formula is C12H11O. The molecule has 1 saturated carbocycles. The summed E-state index contributed by atoms with van der Waals surface area (Å²) >= 11 is 0. The average molecular weight is 171 g/mol. The lowest BCUT2D eigenvalue weighted by Gasteiger charge is -2.12. The van der Waals surface area contributed by atoms with Gasteiger partial charge in [0.15, 0.2) is 0 Å². The number of hydrogen-bond donors (Lipinski definition) is 1. The molecule has 0 aliphatic heterocycles. The number of benzene rings is 1. The van der Waals surface area contributed by atoms with Crippen molar-refractivity contribution in [3.63, 3.8) is 0 Å². The van der Waals surface area contributed by atoms with Gasteiger partial charge in [-0.25, -0.2) is 0 Å². The van der Waals surface area contributed by atoms with Gasteiger partial charge in [-0.05, 0) is 36.8 Å². The summed E-state index contributed by atoms with van der Waals surface area (Å²) in [4.78, 5) is 0. The van der Waals surface area contributed by atoms with Gasteiger partial charge in [-0.15, -0.1) is 0 Å². The van der Waals surface area contributed by atoms with E-state index in [1.807, 2.05) is 37.1 Å². The molecule has 0 aromatic heterocycles. The number of hydrogen-bond acceptors (Lipinski definition) is 1. The monoisotopic (exact) mass is 171 g/mol. The van der Waals surface area contributed by atoms with E-state index in [1.165, 1.54) is 5.92 Å². The van der Waals surface area contributed by atoms with Gasteiger partial charge < -0.3 is 5.11 Å². The van der Waals surface area contributed by atoms with Gasteiger partial charge in [0.25, 0.3) is 0 Å². The zero-order valence-corrected chi connectivity index (χ0v) is 7.27. The molecule has 0 bridgehead atoms. The largest absolute Gasteiger partial charge is 0.392 e. The van der Waals surface area contributed by atoms with E-state index >= 15 is 0 Å². The summed E-state index contributed by atoms with van der Waals surface area (Å²) in [6.07, 6.45) is 8.11. The smallest absolute Gasteiger partial charge is 0.0684 e. The SMILES string of the molecule is OCc1ccccc1[C]1[CH][CH][CH][CH]1. The van der Waals surface area contributed by atoms with Gasteiger partial charge in [0, 0.05) is 5.92 Å². The Morgan fingerprint density at radius 1 is 1.00 bits per heavy atom. The molecule has 0 unspecified atom stereocenters. The highest BCUT2D eigenvalue weighted by Crippen LogP contribution is 2.31. The standard InChI is InChI=1S/C12H11O/c13-9-11-7-3-4-8-12(11)10-5-1-2-6-10/h1-8,13H,9H2. The van der Waals surface area contributed by atoms with Gasteiger partial charge >= 0.3 is 0 Å². The van der Waals surface area contributed by atoms with Crippen LogP contribution in [0.3, 0.4) is 0 Å². The first-order valence-corrected chi connectivity index (χ1v) is 4.32. The van der Waals surface area contributed by atoms with Crippen molar-refractivity contribution in [1.29, 1.82) is 0 Å². The van der Waals surface area contributed by atoms with Crippen molar-refractivity contribution >= 4 is 0 Å². The van der Waals surface area contributed by atoms with E-state index in [4.69, 9.17) is 5.11 Å². The van der Waals surface area contributed by atoms with E-state index in [2.05, 4.69) is 12.8 Å². The summed E-state index contributed by atoms with van der Waals surface area (Å²) in [5, 5.41) is 9.12. The van der Waals surface area contributed by atoms with Crippen LogP contribution in [0.2, 0.25) is 0 Å². The fourth-order valence-electron chi connectivity index (χ4n) is 1.49. The normalized spacial score (nSPS) is 17.9. The molecule has 1 aliphatic rings. The Labute approximate surface area is 79.4 Å². The maximum absolute atomic E-state index is 9.12. The minimum atomic E-state index is 0.0986. The van der Waals surface area contributed by atoms with Gasteiger partial charge in [0.1, 0.15) is 0 Å². The van der Waals surface area contributed by atoms with Crippen LogP contribution in [0.25, 0.3) is 0 Å². The molecule has 13 heavy (non-hydrogen) atoms. The third-order valence-electron chi connectivity index (χ3n) is 2.16. The molecule has 0 spiro atoms. The van der Waals surface area contributed by atoms with Crippen molar-refractivity contribution in [3.05, 3.63) is 67.0 Å². The lowest BCUT2D eigenvalue weighted by atomic mass is 9.93. The van der Waals surface area contributed by atoms with Crippen LogP contribution in [-0.2, 0) is 6.61 Å². The Bertz CT molecular complexity index is 274. The second kappa shape index (κ2) is 3.93. The molecular weight excluding hydrogens is 160 g/mol. The van der Waals surface area contributed by atoms with Crippen LogP contribution in [0.15, 0.2) is 24.3 Å². The quantitative estimate of drug-likeness (QED) is 0.721. The molecule has 1 N–H and O–H groups in total. The molecule has 0 saturated heterocycles. The second-order valence-electron chi connectivity index (χ2n) is 2.99.